The summed E-state index contributed by atoms with van der Waals surface area (Å²) >= 11 is 0. The van der Waals surface area contributed by atoms with E-state index >= 15 is 0 Å². The number of methoxy groups -OCH3 is 1. The van der Waals surface area contributed by atoms with Crippen LogP contribution in [0.4, 0.5) is 0 Å². The van der Waals surface area contributed by atoms with E-state index in [0.29, 0.717) is 0 Å². The van der Waals surface area contributed by atoms with E-state index in [4.69, 9.17) is 4.74 Å². The molecule has 118 valence electrons. The number of ether oxygens (including phenoxy) is 1. The van der Waals surface area contributed by atoms with Crippen molar-refractivity contribution in [3.05, 3.63) is 65.7 Å². The predicted molar refractivity (Wildman–Crippen MR) is 87.0 cm³/mol. The summed E-state index contributed by atoms with van der Waals surface area (Å²) in [5.74, 6) is -0.829. The lowest BCUT2D eigenvalue weighted by molar-refractivity contribution is -0.139. The molecule has 0 radical (unpaired) electrons. The maximum absolute atomic E-state index is 11.7. The summed E-state index contributed by atoms with van der Waals surface area (Å²) in [6.07, 6.45) is 1.47. The van der Waals surface area contributed by atoms with Crippen LogP contribution in [0, 0.1) is 0 Å². The maximum Gasteiger partial charge on any atom is 0.329 e. The molecule has 0 unspecified atom stereocenters. The fourth-order valence-electron chi connectivity index (χ4n) is 1.76. The molecule has 0 aromatic heterocycles. The zero-order valence-electron chi connectivity index (χ0n) is 12.7. The summed E-state index contributed by atoms with van der Waals surface area (Å²) in [6.45, 7) is 0.249. The number of nitrogens with one attached hydrogen (secondary N) is 2. The van der Waals surface area contributed by atoms with E-state index in [1.54, 1.807) is 19.2 Å². The number of nitrogens with zero attached hydrogens (tertiary/aromatic N) is 1. The minimum absolute atomic E-state index is 0.249. The molecule has 0 saturated carbocycles. The van der Waals surface area contributed by atoms with Crippen LogP contribution >= 0.6 is 0 Å². The molecule has 6 heteroatoms. The van der Waals surface area contributed by atoms with Crippen molar-refractivity contribution in [1.29, 1.82) is 0 Å². The molecule has 2 rings (SSSR count). The fourth-order valence-corrected chi connectivity index (χ4v) is 1.76. The number of carbonyl (C=O) groups excluding carboxylic acids is 2. The highest BCUT2D eigenvalue weighted by Crippen LogP contribution is 2.10. The van der Waals surface area contributed by atoms with Crippen molar-refractivity contribution in [2.45, 2.75) is 6.54 Å². The predicted octanol–water partition coefficient (Wildman–Crippen LogP) is 1.46. The Labute approximate surface area is 134 Å². The number of hydrogen-bond donors (Lipinski definition) is 2. The van der Waals surface area contributed by atoms with Gasteiger partial charge in [0.05, 0.1) is 13.3 Å². The van der Waals surface area contributed by atoms with E-state index in [1.807, 2.05) is 42.5 Å². The normalized spacial score (nSPS) is 10.3. The number of hydrazone groups is 1. The first-order valence-electron chi connectivity index (χ1n) is 6.98. The van der Waals surface area contributed by atoms with Gasteiger partial charge >= 0.3 is 11.8 Å². The number of amides is 2. The first-order chi connectivity index (χ1) is 11.2. The van der Waals surface area contributed by atoms with Gasteiger partial charge in [-0.05, 0) is 23.3 Å². The second-order valence-corrected chi connectivity index (χ2v) is 4.64. The van der Waals surface area contributed by atoms with Gasteiger partial charge in [0.15, 0.2) is 0 Å². The van der Waals surface area contributed by atoms with E-state index < -0.39 is 11.8 Å². The van der Waals surface area contributed by atoms with Crippen LogP contribution in [0.1, 0.15) is 11.1 Å². The molecular weight excluding hydrogens is 294 g/mol. The Balaban J connectivity index is 1.78. The lowest BCUT2D eigenvalue weighted by Crippen LogP contribution is -2.37. The Morgan fingerprint density at radius 1 is 1.04 bits per heavy atom. The number of rotatable bonds is 5. The van der Waals surface area contributed by atoms with Gasteiger partial charge in [-0.15, -0.1) is 0 Å². The standard InChI is InChI=1S/C17H17N3O3/c1-23-15-9-7-14(8-10-15)11-18-16(21)17(22)20-19-12-13-5-3-2-4-6-13/h2-10,12H,11H2,1H3,(H,18,21)(H,20,22)/b19-12-. The largest absolute Gasteiger partial charge is 0.497 e. The van der Waals surface area contributed by atoms with E-state index in [-0.39, 0.29) is 6.54 Å². The first-order valence-corrected chi connectivity index (χ1v) is 6.98. The van der Waals surface area contributed by atoms with Crippen LogP contribution in [0.25, 0.3) is 0 Å². The molecule has 2 amide bonds. The van der Waals surface area contributed by atoms with Gasteiger partial charge in [-0.3, -0.25) is 9.59 Å². The Hall–Kier alpha value is -3.15. The van der Waals surface area contributed by atoms with Gasteiger partial charge in [0, 0.05) is 6.54 Å². The lowest BCUT2D eigenvalue weighted by atomic mass is 10.2. The summed E-state index contributed by atoms with van der Waals surface area (Å²) in [4.78, 5) is 23.3. The van der Waals surface area contributed by atoms with Crippen molar-refractivity contribution in [3.8, 4) is 5.75 Å². The SMILES string of the molecule is COc1ccc(CNC(=O)C(=O)N/N=C\c2ccccc2)cc1. The topological polar surface area (TPSA) is 79.8 Å². The van der Waals surface area contributed by atoms with Gasteiger partial charge < -0.3 is 10.1 Å². The van der Waals surface area contributed by atoms with Gasteiger partial charge in [-0.25, -0.2) is 5.43 Å². The second kappa shape index (κ2) is 8.33. The lowest BCUT2D eigenvalue weighted by Gasteiger charge is -2.05. The van der Waals surface area contributed by atoms with Gasteiger partial charge in [0.1, 0.15) is 5.75 Å². The molecule has 23 heavy (non-hydrogen) atoms. The molecule has 0 atom stereocenters. The molecule has 0 heterocycles. The van der Waals surface area contributed by atoms with Crippen molar-refractivity contribution in [2.75, 3.05) is 7.11 Å². The van der Waals surface area contributed by atoms with E-state index in [0.717, 1.165) is 16.9 Å². The third-order valence-electron chi connectivity index (χ3n) is 3.00. The van der Waals surface area contributed by atoms with Crippen molar-refractivity contribution in [3.63, 3.8) is 0 Å². The van der Waals surface area contributed by atoms with Crippen LogP contribution in [-0.2, 0) is 16.1 Å². The number of hydrogen-bond acceptors (Lipinski definition) is 4. The Morgan fingerprint density at radius 2 is 1.74 bits per heavy atom. The molecule has 0 aliphatic carbocycles. The molecule has 2 aromatic rings. The Bertz CT molecular complexity index is 682. The third kappa shape index (κ3) is 5.28. The molecule has 6 nitrogen and oxygen atoms in total. The molecule has 0 aliphatic rings. The quantitative estimate of drug-likeness (QED) is 0.498. The van der Waals surface area contributed by atoms with Crippen LogP contribution in [0.5, 0.6) is 5.75 Å². The van der Waals surface area contributed by atoms with Crippen molar-refractivity contribution < 1.29 is 14.3 Å². The van der Waals surface area contributed by atoms with E-state index in [1.165, 1.54) is 6.21 Å². The van der Waals surface area contributed by atoms with E-state index in [9.17, 15) is 9.59 Å². The zero-order valence-corrected chi connectivity index (χ0v) is 12.7. The third-order valence-corrected chi connectivity index (χ3v) is 3.00. The van der Waals surface area contributed by atoms with Gasteiger partial charge in [0.2, 0.25) is 0 Å². The number of benzene rings is 2. The van der Waals surface area contributed by atoms with E-state index in [2.05, 4.69) is 15.8 Å². The molecule has 0 saturated heterocycles. The first kappa shape index (κ1) is 16.2. The summed E-state index contributed by atoms with van der Waals surface area (Å²) in [6, 6.07) is 16.4. The molecule has 2 aromatic carbocycles. The summed E-state index contributed by atoms with van der Waals surface area (Å²) in [5.41, 5.74) is 3.87. The molecule has 0 fully saturated rings. The van der Waals surface area contributed by atoms with Crippen LogP contribution in [-0.4, -0.2) is 25.1 Å². The Kier molecular flexibility index (Phi) is 5.88. The van der Waals surface area contributed by atoms with Gasteiger partial charge in [-0.2, -0.15) is 5.10 Å². The zero-order chi connectivity index (χ0) is 16.5. The van der Waals surface area contributed by atoms with Crippen LogP contribution < -0.4 is 15.5 Å². The summed E-state index contributed by atoms with van der Waals surface area (Å²) in [5, 5.41) is 6.26. The van der Waals surface area contributed by atoms with Crippen LogP contribution in [0.2, 0.25) is 0 Å². The molecular formula is C17H17N3O3. The van der Waals surface area contributed by atoms with Crippen LogP contribution in [0.15, 0.2) is 59.7 Å². The molecule has 0 bridgehead atoms. The minimum atomic E-state index is -0.814. The molecule has 0 spiro atoms. The van der Waals surface area contributed by atoms with Crippen molar-refractivity contribution in [2.24, 2.45) is 5.10 Å². The van der Waals surface area contributed by atoms with Crippen molar-refractivity contribution in [1.82, 2.24) is 10.7 Å². The highest BCUT2D eigenvalue weighted by atomic mass is 16.5. The average Bonchev–Trinajstić information content (AvgIpc) is 2.61. The summed E-state index contributed by atoms with van der Waals surface area (Å²) in [7, 11) is 1.58. The molecule has 2 N–H and O–H groups in total. The van der Waals surface area contributed by atoms with Gasteiger partial charge in [0.25, 0.3) is 0 Å². The second-order valence-electron chi connectivity index (χ2n) is 4.64. The monoisotopic (exact) mass is 311 g/mol. The van der Waals surface area contributed by atoms with Crippen LogP contribution in [0.3, 0.4) is 0 Å². The fraction of sp³-hybridized carbons (Fsp3) is 0.118. The van der Waals surface area contributed by atoms with Gasteiger partial charge in [-0.1, -0.05) is 42.5 Å². The maximum atomic E-state index is 11.7. The van der Waals surface area contributed by atoms with Crippen molar-refractivity contribution >= 4 is 18.0 Å². The Morgan fingerprint density at radius 3 is 2.39 bits per heavy atom. The molecule has 0 aliphatic heterocycles. The highest BCUT2D eigenvalue weighted by molar-refractivity contribution is 6.35. The number of carbonyl (C=O) groups is 2. The minimum Gasteiger partial charge on any atom is -0.497 e. The smallest absolute Gasteiger partial charge is 0.329 e. The summed E-state index contributed by atoms with van der Waals surface area (Å²) < 4.78 is 5.05. The highest BCUT2D eigenvalue weighted by Gasteiger charge is 2.11. The average molecular weight is 311 g/mol.